The Hall–Kier alpha value is -3.15. The number of aromatic nitrogens is 2. The smallest absolute Gasteiger partial charge is 0.269 e. The second kappa shape index (κ2) is 5.69. The Kier molecular flexibility index (Phi) is 3.57. The van der Waals surface area contributed by atoms with Crippen molar-refractivity contribution in [3.8, 4) is 11.5 Å². The minimum Gasteiger partial charge on any atom is -0.455 e. The summed E-state index contributed by atoms with van der Waals surface area (Å²) in [5.41, 5.74) is 7.53. The van der Waals surface area contributed by atoms with Crippen LogP contribution in [0.4, 0.5) is 5.69 Å². The minimum absolute atomic E-state index is 0.272. The number of rotatable bonds is 3. The zero-order valence-corrected chi connectivity index (χ0v) is 11.9. The Balaban J connectivity index is 2.00. The van der Waals surface area contributed by atoms with Gasteiger partial charge < -0.3 is 15.8 Å². The SMILES string of the molecule is CNC(=O)c1cc(Oc2ccc(N)c3cccnc23)ccn1. The van der Waals surface area contributed by atoms with Crippen LogP contribution >= 0.6 is 0 Å². The summed E-state index contributed by atoms with van der Waals surface area (Å²) in [6.45, 7) is 0. The minimum atomic E-state index is -0.272. The predicted molar refractivity (Wildman–Crippen MR) is 83.9 cm³/mol. The van der Waals surface area contributed by atoms with E-state index in [1.807, 2.05) is 12.1 Å². The highest BCUT2D eigenvalue weighted by atomic mass is 16.5. The number of ether oxygens (including phenoxy) is 1. The molecule has 0 bridgehead atoms. The second-order valence-corrected chi connectivity index (χ2v) is 4.61. The second-order valence-electron chi connectivity index (χ2n) is 4.61. The number of benzene rings is 1. The third-order valence-corrected chi connectivity index (χ3v) is 3.19. The molecular formula is C16H14N4O2. The van der Waals surface area contributed by atoms with Crippen LogP contribution in [-0.4, -0.2) is 22.9 Å². The molecular weight excluding hydrogens is 280 g/mol. The molecule has 0 saturated heterocycles. The summed E-state index contributed by atoms with van der Waals surface area (Å²) < 4.78 is 5.84. The van der Waals surface area contributed by atoms with Crippen LogP contribution in [0, 0.1) is 0 Å². The molecule has 0 radical (unpaired) electrons. The summed E-state index contributed by atoms with van der Waals surface area (Å²) in [6, 6.07) is 10.5. The highest BCUT2D eigenvalue weighted by molar-refractivity contribution is 5.94. The first kappa shape index (κ1) is 13.8. The fourth-order valence-electron chi connectivity index (χ4n) is 2.10. The molecule has 6 nitrogen and oxygen atoms in total. The molecule has 22 heavy (non-hydrogen) atoms. The topological polar surface area (TPSA) is 90.1 Å². The number of pyridine rings is 2. The van der Waals surface area contributed by atoms with Gasteiger partial charge in [0.05, 0.1) is 0 Å². The number of nitrogens with zero attached hydrogens (tertiary/aromatic N) is 2. The molecule has 110 valence electrons. The summed E-state index contributed by atoms with van der Waals surface area (Å²) >= 11 is 0. The number of nitrogens with one attached hydrogen (secondary N) is 1. The van der Waals surface area contributed by atoms with E-state index in [4.69, 9.17) is 10.5 Å². The summed E-state index contributed by atoms with van der Waals surface area (Å²) in [7, 11) is 1.55. The molecule has 3 aromatic rings. The van der Waals surface area contributed by atoms with E-state index in [0.717, 1.165) is 5.39 Å². The average Bonchev–Trinajstić information content (AvgIpc) is 2.57. The predicted octanol–water partition coefficient (Wildman–Crippen LogP) is 2.36. The highest BCUT2D eigenvalue weighted by Crippen LogP contribution is 2.31. The number of carbonyl (C=O) groups is 1. The van der Waals surface area contributed by atoms with Crippen molar-refractivity contribution in [2.24, 2.45) is 0 Å². The van der Waals surface area contributed by atoms with E-state index in [-0.39, 0.29) is 11.6 Å². The molecule has 0 fully saturated rings. The number of hydrogen-bond donors (Lipinski definition) is 2. The zero-order chi connectivity index (χ0) is 15.5. The number of anilines is 1. The van der Waals surface area contributed by atoms with Gasteiger partial charge in [0, 0.05) is 36.6 Å². The van der Waals surface area contributed by atoms with Gasteiger partial charge in [-0.2, -0.15) is 0 Å². The number of carbonyl (C=O) groups excluding carboxylic acids is 1. The van der Waals surface area contributed by atoms with Crippen molar-refractivity contribution in [3.05, 3.63) is 54.5 Å². The molecule has 0 atom stereocenters. The van der Waals surface area contributed by atoms with E-state index < -0.39 is 0 Å². The van der Waals surface area contributed by atoms with Crippen LogP contribution in [0.1, 0.15) is 10.5 Å². The normalized spacial score (nSPS) is 10.4. The third kappa shape index (κ3) is 2.54. The molecule has 0 spiro atoms. The molecule has 2 aromatic heterocycles. The van der Waals surface area contributed by atoms with Gasteiger partial charge in [-0.1, -0.05) is 0 Å². The van der Waals surface area contributed by atoms with Crippen molar-refractivity contribution in [2.45, 2.75) is 0 Å². The van der Waals surface area contributed by atoms with Crippen LogP contribution < -0.4 is 15.8 Å². The van der Waals surface area contributed by atoms with Gasteiger partial charge in [-0.15, -0.1) is 0 Å². The fourth-order valence-corrected chi connectivity index (χ4v) is 2.10. The summed E-state index contributed by atoms with van der Waals surface area (Å²) in [5.74, 6) is 0.801. The van der Waals surface area contributed by atoms with Gasteiger partial charge in [0.2, 0.25) is 0 Å². The van der Waals surface area contributed by atoms with Gasteiger partial charge in [0.25, 0.3) is 5.91 Å². The van der Waals surface area contributed by atoms with Gasteiger partial charge >= 0.3 is 0 Å². The molecule has 1 amide bonds. The van der Waals surface area contributed by atoms with Gasteiger partial charge in [0.15, 0.2) is 5.75 Å². The molecule has 0 aliphatic rings. The maximum Gasteiger partial charge on any atom is 0.269 e. The van der Waals surface area contributed by atoms with E-state index >= 15 is 0 Å². The molecule has 6 heteroatoms. The Bertz CT molecular complexity index is 848. The van der Waals surface area contributed by atoms with Crippen molar-refractivity contribution in [2.75, 3.05) is 12.8 Å². The van der Waals surface area contributed by atoms with E-state index in [2.05, 4.69) is 15.3 Å². The Morgan fingerprint density at radius 2 is 2.05 bits per heavy atom. The molecule has 0 aliphatic carbocycles. The lowest BCUT2D eigenvalue weighted by atomic mass is 10.1. The Morgan fingerprint density at radius 3 is 2.86 bits per heavy atom. The summed E-state index contributed by atoms with van der Waals surface area (Å²) in [6.07, 6.45) is 3.20. The number of nitrogen functional groups attached to an aromatic ring is 1. The molecule has 0 aliphatic heterocycles. The zero-order valence-electron chi connectivity index (χ0n) is 11.9. The van der Waals surface area contributed by atoms with E-state index in [9.17, 15) is 4.79 Å². The van der Waals surface area contributed by atoms with Crippen LogP contribution in [0.15, 0.2) is 48.8 Å². The lowest BCUT2D eigenvalue weighted by Crippen LogP contribution is -2.18. The Labute approximate surface area is 127 Å². The van der Waals surface area contributed by atoms with Crippen LogP contribution in [-0.2, 0) is 0 Å². The van der Waals surface area contributed by atoms with Gasteiger partial charge in [-0.25, -0.2) is 0 Å². The number of hydrogen-bond acceptors (Lipinski definition) is 5. The number of fused-ring (bicyclic) bond motifs is 1. The van der Waals surface area contributed by atoms with Crippen LogP contribution in [0.2, 0.25) is 0 Å². The van der Waals surface area contributed by atoms with Crippen molar-refractivity contribution >= 4 is 22.5 Å². The summed E-state index contributed by atoms with van der Waals surface area (Å²) in [4.78, 5) is 19.9. The maximum atomic E-state index is 11.6. The maximum absolute atomic E-state index is 11.6. The van der Waals surface area contributed by atoms with Gasteiger partial charge in [-0.05, 0) is 30.3 Å². The molecule has 1 aromatic carbocycles. The Morgan fingerprint density at radius 1 is 1.18 bits per heavy atom. The van der Waals surface area contributed by atoms with Crippen molar-refractivity contribution in [1.82, 2.24) is 15.3 Å². The van der Waals surface area contributed by atoms with Gasteiger partial charge in [-0.3, -0.25) is 14.8 Å². The summed E-state index contributed by atoms with van der Waals surface area (Å²) in [5, 5.41) is 3.34. The molecule has 0 unspecified atom stereocenters. The quantitative estimate of drug-likeness (QED) is 0.724. The third-order valence-electron chi connectivity index (χ3n) is 3.19. The number of nitrogens with two attached hydrogens (primary N) is 1. The van der Waals surface area contributed by atoms with Crippen molar-refractivity contribution in [1.29, 1.82) is 0 Å². The van der Waals surface area contributed by atoms with E-state index in [1.165, 1.54) is 6.20 Å². The lowest BCUT2D eigenvalue weighted by Gasteiger charge is -2.10. The molecule has 2 heterocycles. The van der Waals surface area contributed by atoms with Crippen molar-refractivity contribution < 1.29 is 9.53 Å². The van der Waals surface area contributed by atoms with Gasteiger partial charge in [0.1, 0.15) is 17.0 Å². The van der Waals surface area contributed by atoms with Crippen molar-refractivity contribution in [3.63, 3.8) is 0 Å². The first-order chi connectivity index (χ1) is 10.7. The molecule has 3 rings (SSSR count). The van der Waals surface area contributed by atoms with Crippen LogP contribution in [0.5, 0.6) is 11.5 Å². The highest BCUT2D eigenvalue weighted by Gasteiger charge is 2.10. The van der Waals surface area contributed by atoms with Crippen LogP contribution in [0.3, 0.4) is 0 Å². The number of amides is 1. The monoisotopic (exact) mass is 294 g/mol. The molecule has 0 saturated carbocycles. The van der Waals surface area contributed by atoms with Crippen LogP contribution in [0.25, 0.3) is 10.9 Å². The van der Waals surface area contributed by atoms with E-state index in [0.29, 0.717) is 22.7 Å². The largest absolute Gasteiger partial charge is 0.455 e. The first-order valence-electron chi connectivity index (χ1n) is 6.68. The molecule has 3 N–H and O–H groups in total. The lowest BCUT2D eigenvalue weighted by molar-refractivity contribution is 0.0958. The average molecular weight is 294 g/mol. The van der Waals surface area contributed by atoms with E-state index in [1.54, 1.807) is 37.5 Å². The first-order valence-corrected chi connectivity index (χ1v) is 6.68. The standard InChI is InChI=1S/C16H14N4O2/c1-18-16(21)13-9-10(6-8-19-13)22-14-5-4-12(17)11-3-2-7-20-15(11)14/h2-9H,17H2,1H3,(H,18,21). The fraction of sp³-hybridized carbons (Fsp3) is 0.0625.